The molecule has 0 spiro atoms. The maximum absolute atomic E-state index is 10.4. The molecule has 0 saturated heterocycles. The van der Waals surface area contributed by atoms with Gasteiger partial charge in [0.1, 0.15) is 0 Å². The fraction of sp³-hybridized carbons (Fsp3) is 1.00. The Bertz CT molecular complexity index is 201. The first-order valence-electron chi connectivity index (χ1n) is 6.21. The molecule has 2 nitrogen and oxygen atoms in total. The number of aliphatic hydroxyl groups excluding tert-OH is 1. The summed E-state index contributed by atoms with van der Waals surface area (Å²) >= 11 is 0. The lowest BCUT2D eigenvalue weighted by atomic mass is 9.74. The summed E-state index contributed by atoms with van der Waals surface area (Å²) in [6.07, 6.45) is 4.81. The highest BCUT2D eigenvalue weighted by molar-refractivity contribution is 4.91. The lowest BCUT2D eigenvalue weighted by molar-refractivity contribution is -0.0363. The van der Waals surface area contributed by atoms with Gasteiger partial charge in [0.05, 0.1) is 6.10 Å². The topological polar surface area (TPSA) is 23.5 Å². The maximum atomic E-state index is 10.4. The summed E-state index contributed by atoms with van der Waals surface area (Å²) in [6, 6.07) is 0. The zero-order chi connectivity index (χ0) is 11.6. The van der Waals surface area contributed by atoms with Crippen molar-refractivity contribution in [3.63, 3.8) is 0 Å². The third-order valence-corrected chi connectivity index (χ3v) is 4.30. The zero-order valence-corrected chi connectivity index (χ0v) is 11.0. The average Bonchev–Trinajstić information content (AvgIpc) is 2.16. The number of rotatable bonds is 3. The van der Waals surface area contributed by atoms with Crippen LogP contribution in [-0.4, -0.2) is 35.7 Å². The third kappa shape index (κ3) is 2.94. The van der Waals surface area contributed by atoms with E-state index in [9.17, 15) is 5.11 Å². The van der Waals surface area contributed by atoms with Crippen LogP contribution in [0.1, 0.15) is 46.5 Å². The summed E-state index contributed by atoms with van der Waals surface area (Å²) < 4.78 is 0. The molecule has 1 saturated carbocycles. The fourth-order valence-electron chi connectivity index (χ4n) is 2.61. The van der Waals surface area contributed by atoms with Crippen LogP contribution in [0.15, 0.2) is 0 Å². The van der Waals surface area contributed by atoms with Crippen molar-refractivity contribution in [3.8, 4) is 0 Å². The van der Waals surface area contributed by atoms with Crippen LogP contribution in [0.25, 0.3) is 0 Å². The van der Waals surface area contributed by atoms with Gasteiger partial charge in [-0.25, -0.2) is 0 Å². The summed E-state index contributed by atoms with van der Waals surface area (Å²) in [4.78, 5) is 2.14. The molecule has 1 fully saturated rings. The second-order valence-corrected chi connectivity index (χ2v) is 6.02. The highest BCUT2D eigenvalue weighted by Crippen LogP contribution is 2.35. The van der Waals surface area contributed by atoms with Gasteiger partial charge in [-0.15, -0.1) is 0 Å². The Balaban J connectivity index is 2.62. The molecule has 1 N–H and O–H groups in total. The van der Waals surface area contributed by atoms with Crippen molar-refractivity contribution in [2.24, 2.45) is 11.8 Å². The van der Waals surface area contributed by atoms with Crippen molar-refractivity contribution in [1.29, 1.82) is 0 Å². The largest absolute Gasteiger partial charge is 0.391 e. The second-order valence-electron chi connectivity index (χ2n) is 6.02. The monoisotopic (exact) mass is 213 g/mol. The van der Waals surface area contributed by atoms with Crippen LogP contribution in [0, 0.1) is 11.8 Å². The van der Waals surface area contributed by atoms with E-state index in [0.29, 0.717) is 5.92 Å². The van der Waals surface area contributed by atoms with Crippen LogP contribution in [0.4, 0.5) is 0 Å². The summed E-state index contributed by atoms with van der Waals surface area (Å²) in [6.45, 7) is 6.58. The fourth-order valence-corrected chi connectivity index (χ4v) is 2.61. The Morgan fingerprint density at radius 1 is 1.27 bits per heavy atom. The molecule has 1 aliphatic carbocycles. The van der Waals surface area contributed by atoms with Crippen molar-refractivity contribution < 1.29 is 5.11 Å². The van der Waals surface area contributed by atoms with E-state index in [1.54, 1.807) is 0 Å². The molecule has 1 aliphatic rings. The molecule has 0 amide bonds. The summed E-state index contributed by atoms with van der Waals surface area (Å²) in [5.74, 6) is 1.28. The van der Waals surface area contributed by atoms with Gasteiger partial charge in [0.2, 0.25) is 0 Å². The van der Waals surface area contributed by atoms with E-state index in [4.69, 9.17) is 0 Å². The van der Waals surface area contributed by atoms with Crippen molar-refractivity contribution in [2.75, 3.05) is 14.1 Å². The predicted octanol–water partition coefficient (Wildman–Crippen LogP) is 2.51. The van der Waals surface area contributed by atoms with Gasteiger partial charge in [-0.3, -0.25) is 0 Å². The molecular formula is C13H27NO. The molecule has 0 aromatic carbocycles. The Morgan fingerprint density at radius 3 is 2.33 bits per heavy atom. The van der Waals surface area contributed by atoms with Gasteiger partial charge in [-0.2, -0.15) is 0 Å². The summed E-state index contributed by atoms with van der Waals surface area (Å²) in [5.41, 5.74) is -0.109. The number of aliphatic hydroxyl groups is 1. The predicted molar refractivity (Wildman–Crippen MR) is 64.9 cm³/mol. The molecule has 1 rings (SSSR count). The lowest BCUT2D eigenvalue weighted by Gasteiger charge is -2.43. The van der Waals surface area contributed by atoms with Gasteiger partial charge in [0, 0.05) is 5.54 Å². The molecule has 0 aromatic rings. The highest BCUT2D eigenvalue weighted by Gasteiger charge is 2.37. The molecule has 0 aliphatic heterocycles. The molecule has 0 aromatic heterocycles. The maximum Gasteiger partial charge on any atom is 0.0746 e. The zero-order valence-electron chi connectivity index (χ0n) is 11.0. The van der Waals surface area contributed by atoms with Crippen LogP contribution >= 0.6 is 0 Å². The van der Waals surface area contributed by atoms with Gasteiger partial charge in [0.25, 0.3) is 0 Å². The van der Waals surface area contributed by atoms with Gasteiger partial charge >= 0.3 is 0 Å². The normalized spacial score (nSPS) is 30.6. The Labute approximate surface area is 94.7 Å². The standard InChI is InChI=1S/C13H27NO/c1-10-7-6-8-11(9-10)12(15)13(2,3)14(4)5/h10-12,15H,6-9H2,1-5H3. The number of likely N-dealkylation sites (N-methyl/N-ethyl adjacent to an activating group) is 1. The first kappa shape index (κ1) is 13.0. The minimum atomic E-state index is -0.199. The van der Waals surface area contributed by atoms with Crippen LogP contribution < -0.4 is 0 Å². The Kier molecular flexibility index (Phi) is 4.19. The highest BCUT2D eigenvalue weighted by atomic mass is 16.3. The van der Waals surface area contributed by atoms with Crippen LogP contribution in [0.3, 0.4) is 0 Å². The molecule has 0 bridgehead atoms. The molecular weight excluding hydrogens is 186 g/mol. The Hall–Kier alpha value is -0.0800. The van der Waals surface area contributed by atoms with E-state index in [0.717, 1.165) is 5.92 Å². The first-order valence-corrected chi connectivity index (χ1v) is 6.21. The number of nitrogens with zero attached hydrogens (tertiary/aromatic N) is 1. The van der Waals surface area contributed by atoms with Gasteiger partial charge < -0.3 is 10.0 Å². The first-order chi connectivity index (χ1) is 6.85. The Morgan fingerprint density at radius 2 is 1.87 bits per heavy atom. The summed E-state index contributed by atoms with van der Waals surface area (Å²) in [7, 11) is 4.10. The van der Waals surface area contributed by atoms with E-state index in [2.05, 4.69) is 39.8 Å². The van der Waals surface area contributed by atoms with Gasteiger partial charge in [-0.05, 0) is 52.6 Å². The van der Waals surface area contributed by atoms with E-state index >= 15 is 0 Å². The third-order valence-electron chi connectivity index (χ3n) is 4.30. The molecule has 0 radical (unpaired) electrons. The van der Waals surface area contributed by atoms with Gasteiger partial charge in [0.15, 0.2) is 0 Å². The summed E-state index contributed by atoms with van der Waals surface area (Å²) in [5, 5.41) is 10.4. The second kappa shape index (κ2) is 4.84. The van der Waals surface area contributed by atoms with Crippen molar-refractivity contribution in [3.05, 3.63) is 0 Å². The number of hydrogen-bond acceptors (Lipinski definition) is 2. The van der Waals surface area contributed by atoms with Crippen molar-refractivity contribution in [2.45, 2.75) is 58.1 Å². The quantitative estimate of drug-likeness (QED) is 0.778. The van der Waals surface area contributed by atoms with Crippen molar-refractivity contribution >= 4 is 0 Å². The lowest BCUT2D eigenvalue weighted by Crippen LogP contribution is -2.52. The van der Waals surface area contributed by atoms with E-state index in [-0.39, 0.29) is 11.6 Å². The van der Waals surface area contributed by atoms with Crippen LogP contribution in [0.5, 0.6) is 0 Å². The molecule has 2 heteroatoms. The van der Waals surface area contributed by atoms with Crippen LogP contribution in [0.2, 0.25) is 0 Å². The average molecular weight is 213 g/mol. The smallest absolute Gasteiger partial charge is 0.0746 e. The molecule has 3 atom stereocenters. The molecule has 3 unspecified atom stereocenters. The van der Waals surface area contributed by atoms with E-state index in [1.807, 2.05) is 0 Å². The van der Waals surface area contributed by atoms with Crippen molar-refractivity contribution in [1.82, 2.24) is 4.90 Å². The number of hydrogen-bond donors (Lipinski definition) is 1. The minimum absolute atomic E-state index is 0.109. The van der Waals surface area contributed by atoms with E-state index in [1.165, 1.54) is 25.7 Å². The molecule has 15 heavy (non-hydrogen) atoms. The molecule has 0 heterocycles. The van der Waals surface area contributed by atoms with E-state index < -0.39 is 0 Å². The van der Waals surface area contributed by atoms with Gasteiger partial charge in [-0.1, -0.05) is 19.8 Å². The SMILES string of the molecule is CC1CCCC(C(O)C(C)(C)N(C)C)C1. The minimum Gasteiger partial charge on any atom is -0.391 e. The van der Waals surface area contributed by atoms with Crippen LogP contribution in [-0.2, 0) is 0 Å². The molecule has 90 valence electrons.